The Labute approximate surface area is 122 Å². The highest BCUT2D eigenvalue weighted by molar-refractivity contribution is 5.78. The number of hydrogen-bond acceptors (Lipinski definition) is 4. The summed E-state index contributed by atoms with van der Waals surface area (Å²) in [5.74, 6) is -0.759. The van der Waals surface area contributed by atoms with Gasteiger partial charge in [-0.25, -0.2) is 0 Å². The van der Waals surface area contributed by atoms with Crippen LogP contribution in [0.2, 0.25) is 0 Å². The molecule has 1 aliphatic rings. The van der Waals surface area contributed by atoms with Gasteiger partial charge in [0.2, 0.25) is 0 Å². The average Bonchev–Trinajstić information content (AvgIpc) is 2.39. The Balaban J connectivity index is 2.33. The summed E-state index contributed by atoms with van der Waals surface area (Å²) in [5, 5.41) is 12.4. The molecule has 0 bridgehead atoms. The molecule has 2 atom stereocenters. The van der Waals surface area contributed by atoms with Crippen LogP contribution in [0, 0.1) is 0 Å². The van der Waals surface area contributed by atoms with Crippen molar-refractivity contribution >= 4 is 5.97 Å². The molecule has 1 aliphatic heterocycles. The number of carboxylic acids is 1. The fraction of sp³-hybridized carbons (Fsp3) is 0.933. The number of rotatable bonds is 9. The highest BCUT2D eigenvalue weighted by Crippen LogP contribution is 2.17. The Morgan fingerprint density at radius 2 is 2.25 bits per heavy atom. The van der Waals surface area contributed by atoms with Crippen LogP contribution in [0.25, 0.3) is 0 Å². The Bertz CT molecular complexity index is 297. The maximum atomic E-state index is 11.3. The molecule has 5 heteroatoms. The van der Waals surface area contributed by atoms with Gasteiger partial charge < -0.3 is 20.1 Å². The molecule has 1 fully saturated rings. The number of piperidine rings is 1. The predicted octanol–water partition coefficient (Wildman–Crippen LogP) is 1.72. The quantitative estimate of drug-likeness (QED) is 0.676. The number of nitrogens with zero attached hydrogens (tertiary/aromatic N) is 1. The van der Waals surface area contributed by atoms with Gasteiger partial charge >= 0.3 is 5.97 Å². The molecular weight excluding hydrogens is 256 g/mol. The van der Waals surface area contributed by atoms with Crippen molar-refractivity contribution in [3.8, 4) is 0 Å². The fourth-order valence-electron chi connectivity index (χ4n) is 2.91. The topological polar surface area (TPSA) is 61.8 Å². The molecule has 118 valence electrons. The van der Waals surface area contributed by atoms with Gasteiger partial charge in [-0.1, -0.05) is 6.92 Å². The van der Waals surface area contributed by atoms with Gasteiger partial charge in [-0.2, -0.15) is 0 Å². The molecule has 1 saturated heterocycles. The maximum Gasteiger partial charge on any atom is 0.323 e. The lowest BCUT2D eigenvalue weighted by Crippen LogP contribution is -2.50. The summed E-state index contributed by atoms with van der Waals surface area (Å²) in [6.45, 7) is 10.3. The summed E-state index contributed by atoms with van der Waals surface area (Å²) in [7, 11) is 0. The van der Waals surface area contributed by atoms with Crippen molar-refractivity contribution in [2.45, 2.75) is 58.1 Å². The normalized spacial score (nSPS) is 23.4. The smallest absolute Gasteiger partial charge is 0.323 e. The number of ether oxygens (including phenoxy) is 1. The molecule has 20 heavy (non-hydrogen) atoms. The van der Waals surface area contributed by atoms with E-state index in [2.05, 4.69) is 10.2 Å². The summed E-state index contributed by atoms with van der Waals surface area (Å²) in [6, 6.07) is 0. The number of likely N-dealkylation sites (tertiary alicyclic amines) is 1. The second kappa shape index (κ2) is 8.60. The van der Waals surface area contributed by atoms with Crippen molar-refractivity contribution in [2.75, 3.05) is 32.8 Å². The first-order valence-electron chi connectivity index (χ1n) is 7.84. The van der Waals surface area contributed by atoms with Crippen LogP contribution in [0.5, 0.6) is 0 Å². The average molecular weight is 286 g/mol. The fourth-order valence-corrected chi connectivity index (χ4v) is 2.91. The molecule has 0 aromatic heterocycles. The third-order valence-electron chi connectivity index (χ3n) is 4.05. The van der Waals surface area contributed by atoms with E-state index in [1.54, 1.807) is 6.92 Å². The third kappa shape index (κ3) is 5.38. The van der Waals surface area contributed by atoms with Gasteiger partial charge in [0.25, 0.3) is 0 Å². The van der Waals surface area contributed by atoms with Crippen LogP contribution < -0.4 is 5.32 Å². The lowest BCUT2D eigenvalue weighted by Gasteiger charge is -2.33. The van der Waals surface area contributed by atoms with Crippen LogP contribution in [-0.4, -0.2) is 60.4 Å². The van der Waals surface area contributed by atoms with Gasteiger partial charge in [-0.3, -0.25) is 4.79 Å². The van der Waals surface area contributed by atoms with Crippen LogP contribution in [-0.2, 0) is 9.53 Å². The minimum Gasteiger partial charge on any atom is -0.480 e. The standard InChI is InChI=1S/C15H30N2O3/c1-4-16-15(3,14(18)19)9-7-11-17-10-6-8-13(12-17)20-5-2/h13,16H,4-12H2,1-3H3,(H,18,19). The van der Waals surface area contributed by atoms with Gasteiger partial charge in [0.05, 0.1) is 6.10 Å². The minimum atomic E-state index is -0.802. The second-order valence-electron chi connectivity index (χ2n) is 5.79. The number of likely N-dealkylation sites (N-methyl/N-ethyl adjacent to an activating group) is 1. The van der Waals surface area contributed by atoms with Gasteiger partial charge in [-0.05, 0) is 59.2 Å². The molecule has 0 radical (unpaired) electrons. The van der Waals surface area contributed by atoms with E-state index in [1.165, 1.54) is 6.42 Å². The van der Waals surface area contributed by atoms with E-state index in [-0.39, 0.29) is 0 Å². The highest BCUT2D eigenvalue weighted by atomic mass is 16.5. The first kappa shape index (κ1) is 17.4. The van der Waals surface area contributed by atoms with Gasteiger partial charge in [0, 0.05) is 13.2 Å². The molecule has 0 saturated carbocycles. The lowest BCUT2D eigenvalue weighted by atomic mass is 9.95. The largest absolute Gasteiger partial charge is 0.480 e. The van der Waals surface area contributed by atoms with Crippen LogP contribution in [0.4, 0.5) is 0 Å². The lowest BCUT2D eigenvalue weighted by molar-refractivity contribution is -0.144. The Kier molecular flexibility index (Phi) is 7.48. The summed E-state index contributed by atoms with van der Waals surface area (Å²) in [6.07, 6.45) is 4.23. The van der Waals surface area contributed by atoms with E-state index in [0.29, 0.717) is 19.1 Å². The van der Waals surface area contributed by atoms with E-state index >= 15 is 0 Å². The van der Waals surface area contributed by atoms with E-state index < -0.39 is 11.5 Å². The van der Waals surface area contributed by atoms with Gasteiger partial charge in [0.1, 0.15) is 5.54 Å². The van der Waals surface area contributed by atoms with Crippen LogP contribution in [0.15, 0.2) is 0 Å². The number of nitrogens with one attached hydrogen (secondary N) is 1. The zero-order chi connectivity index (χ0) is 15.0. The van der Waals surface area contributed by atoms with Crippen LogP contribution in [0.1, 0.15) is 46.5 Å². The Hall–Kier alpha value is -0.650. The third-order valence-corrected chi connectivity index (χ3v) is 4.05. The van der Waals surface area contributed by atoms with E-state index in [4.69, 9.17) is 4.74 Å². The molecule has 1 heterocycles. The van der Waals surface area contributed by atoms with E-state index in [9.17, 15) is 9.90 Å². The molecule has 0 aromatic carbocycles. The van der Waals surface area contributed by atoms with Crippen LogP contribution >= 0.6 is 0 Å². The van der Waals surface area contributed by atoms with Crippen molar-refractivity contribution in [1.29, 1.82) is 0 Å². The summed E-state index contributed by atoms with van der Waals surface area (Å²) in [4.78, 5) is 13.7. The first-order valence-corrected chi connectivity index (χ1v) is 7.84. The molecule has 2 N–H and O–H groups in total. The van der Waals surface area contributed by atoms with Gasteiger partial charge in [-0.15, -0.1) is 0 Å². The predicted molar refractivity (Wildman–Crippen MR) is 80.0 cm³/mol. The Morgan fingerprint density at radius 3 is 2.85 bits per heavy atom. The first-order chi connectivity index (χ1) is 9.51. The van der Waals surface area contributed by atoms with Crippen molar-refractivity contribution < 1.29 is 14.6 Å². The minimum absolute atomic E-state index is 0.355. The summed E-state index contributed by atoms with van der Waals surface area (Å²) in [5.41, 5.74) is -0.802. The van der Waals surface area contributed by atoms with Crippen molar-refractivity contribution in [2.24, 2.45) is 0 Å². The number of carboxylic acid groups (broad SMARTS) is 1. The molecule has 0 spiro atoms. The van der Waals surface area contributed by atoms with Crippen molar-refractivity contribution in [1.82, 2.24) is 10.2 Å². The molecule has 0 aromatic rings. The zero-order valence-corrected chi connectivity index (χ0v) is 13.2. The molecule has 1 rings (SSSR count). The van der Waals surface area contributed by atoms with Crippen molar-refractivity contribution in [3.63, 3.8) is 0 Å². The van der Waals surface area contributed by atoms with E-state index in [0.717, 1.165) is 39.1 Å². The SMILES string of the molecule is CCNC(C)(CCCN1CCCC(OCC)C1)C(=O)O. The Morgan fingerprint density at radius 1 is 1.50 bits per heavy atom. The molecular formula is C15H30N2O3. The van der Waals surface area contributed by atoms with Crippen molar-refractivity contribution in [3.05, 3.63) is 0 Å². The van der Waals surface area contributed by atoms with E-state index in [1.807, 2.05) is 13.8 Å². The highest BCUT2D eigenvalue weighted by Gasteiger charge is 2.31. The van der Waals surface area contributed by atoms with Crippen LogP contribution in [0.3, 0.4) is 0 Å². The molecule has 0 amide bonds. The number of hydrogen-bond donors (Lipinski definition) is 2. The second-order valence-corrected chi connectivity index (χ2v) is 5.79. The number of aliphatic carboxylic acids is 1. The summed E-state index contributed by atoms with van der Waals surface area (Å²) < 4.78 is 5.69. The zero-order valence-electron chi connectivity index (χ0n) is 13.2. The molecule has 5 nitrogen and oxygen atoms in total. The molecule has 0 aliphatic carbocycles. The summed E-state index contributed by atoms with van der Waals surface area (Å²) >= 11 is 0. The molecule has 2 unspecified atom stereocenters. The maximum absolute atomic E-state index is 11.3. The number of carbonyl (C=O) groups is 1. The van der Waals surface area contributed by atoms with Gasteiger partial charge in [0.15, 0.2) is 0 Å². The monoisotopic (exact) mass is 286 g/mol.